The van der Waals surface area contributed by atoms with E-state index in [2.05, 4.69) is 22.0 Å². The lowest BCUT2D eigenvalue weighted by molar-refractivity contribution is 0.0968. The summed E-state index contributed by atoms with van der Waals surface area (Å²) in [6.07, 6.45) is 4.61. The maximum absolute atomic E-state index is 5.06. The quantitative estimate of drug-likeness (QED) is 0.708. The van der Waals surface area contributed by atoms with Crippen molar-refractivity contribution in [2.45, 2.75) is 24.8 Å². The Balaban J connectivity index is 1.79. The summed E-state index contributed by atoms with van der Waals surface area (Å²) in [6.45, 7) is 1.51. The zero-order chi connectivity index (χ0) is 8.67. The Morgan fingerprint density at radius 3 is 3.15 bits per heavy atom. The summed E-state index contributed by atoms with van der Waals surface area (Å²) in [4.78, 5) is 5.06. The van der Waals surface area contributed by atoms with E-state index in [0.29, 0.717) is 18.6 Å². The van der Waals surface area contributed by atoms with Crippen LogP contribution in [0.4, 0.5) is 0 Å². The SMILES string of the molecule is c1c(C2CC2)nnn1[C@H]1CNOC1. The molecule has 1 atom stereocenters. The van der Waals surface area contributed by atoms with Crippen LogP contribution in [0.15, 0.2) is 6.20 Å². The van der Waals surface area contributed by atoms with Gasteiger partial charge in [-0.05, 0) is 12.8 Å². The van der Waals surface area contributed by atoms with E-state index in [1.165, 1.54) is 12.8 Å². The second-order valence-corrected chi connectivity index (χ2v) is 3.71. The van der Waals surface area contributed by atoms with E-state index in [-0.39, 0.29) is 0 Å². The Morgan fingerprint density at radius 1 is 1.54 bits per heavy atom. The molecule has 1 saturated heterocycles. The van der Waals surface area contributed by atoms with Crippen molar-refractivity contribution in [3.8, 4) is 0 Å². The van der Waals surface area contributed by atoms with E-state index in [1.54, 1.807) is 0 Å². The third kappa shape index (κ3) is 1.34. The fourth-order valence-electron chi connectivity index (χ4n) is 1.57. The van der Waals surface area contributed by atoms with E-state index in [4.69, 9.17) is 4.84 Å². The van der Waals surface area contributed by atoms with Crippen LogP contribution < -0.4 is 5.48 Å². The minimum absolute atomic E-state index is 0.319. The standard InChI is InChI=1S/C8H12N4O/c1-2-6(1)8-4-12(11-10-8)7-3-9-13-5-7/h4,6-7,9H,1-3,5H2/t7-/m0/s1. The highest BCUT2D eigenvalue weighted by Gasteiger charge is 2.28. The number of rotatable bonds is 2. The molecule has 70 valence electrons. The van der Waals surface area contributed by atoms with Crippen molar-refractivity contribution in [3.05, 3.63) is 11.9 Å². The highest BCUT2D eigenvalue weighted by molar-refractivity contribution is 5.09. The monoisotopic (exact) mass is 180 g/mol. The molecule has 0 bridgehead atoms. The molecule has 1 aromatic heterocycles. The molecule has 0 aromatic carbocycles. The van der Waals surface area contributed by atoms with Crippen molar-refractivity contribution in [2.24, 2.45) is 0 Å². The van der Waals surface area contributed by atoms with Gasteiger partial charge in [0.05, 0.1) is 18.3 Å². The highest BCUT2D eigenvalue weighted by atomic mass is 16.7. The maximum atomic E-state index is 5.06. The molecule has 1 aliphatic carbocycles. The number of nitrogens with zero attached hydrogens (tertiary/aromatic N) is 3. The van der Waals surface area contributed by atoms with Crippen molar-refractivity contribution >= 4 is 0 Å². The summed E-state index contributed by atoms with van der Waals surface area (Å²) in [7, 11) is 0. The first kappa shape index (κ1) is 7.46. The second-order valence-electron chi connectivity index (χ2n) is 3.71. The van der Waals surface area contributed by atoms with Gasteiger partial charge in [-0.1, -0.05) is 5.21 Å². The van der Waals surface area contributed by atoms with E-state index in [9.17, 15) is 0 Å². The molecule has 5 heteroatoms. The van der Waals surface area contributed by atoms with Crippen LogP contribution in [0.25, 0.3) is 0 Å². The van der Waals surface area contributed by atoms with E-state index >= 15 is 0 Å². The van der Waals surface area contributed by atoms with Gasteiger partial charge in [-0.2, -0.15) is 0 Å². The maximum Gasteiger partial charge on any atom is 0.0937 e. The molecule has 1 N–H and O–H groups in total. The number of aromatic nitrogens is 3. The largest absolute Gasteiger partial charge is 0.299 e. The van der Waals surface area contributed by atoms with Gasteiger partial charge in [-0.25, -0.2) is 10.2 Å². The van der Waals surface area contributed by atoms with Gasteiger partial charge < -0.3 is 0 Å². The minimum atomic E-state index is 0.319. The Hall–Kier alpha value is -0.940. The van der Waals surface area contributed by atoms with Gasteiger partial charge in [0.25, 0.3) is 0 Å². The average molecular weight is 180 g/mol. The Kier molecular flexibility index (Phi) is 1.60. The molecule has 1 aliphatic heterocycles. The normalized spacial score (nSPS) is 28.2. The smallest absolute Gasteiger partial charge is 0.0937 e. The summed E-state index contributed by atoms with van der Waals surface area (Å²) in [6, 6.07) is 0.319. The first-order valence-electron chi connectivity index (χ1n) is 4.70. The second kappa shape index (κ2) is 2.78. The third-order valence-corrected chi connectivity index (χ3v) is 2.59. The van der Waals surface area contributed by atoms with Crippen molar-refractivity contribution in [1.29, 1.82) is 0 Å². The van der Waals surface area contributed by atoms with Crippen LogP contribution in [-0.2, 0) is 4.84 Å². The average Bonchev–Trinajstić information content (AvgIpc) is 2.72. The van der Waals surface area contributed by atoms with Gasteiger partial charge >= 0.3 is 0 Å². The summed E-state index contributed by atoms with van der Waals surface area (Å²) in [5.74, 6) is 0.684. The number of hydrogen-bond donors (Lipinski definition) is 1. The molecular formula is C8H12N4O. The molecule has 1 aromatic rings. The van der Waals surface area contributed by atoms with E-state index < -0.39 is 0 Å². The molecule has 5 nitrogen and oxygen atoms in total. The van der Waals surface area contributed by atoms with Crippen LogP contribution in [0.1, 0.15) is 30.5 Å². The van der Waals surface area contributed by atoms with Gasteiger partial charge in [0, 0.05) is 18.7 Å². The van der Waals surface area contributed by atoms with Gasteiger partial charge in [0.1, 0.15) is 0 Å². The summed E-state index contributed by atoms with van der Waals surface area (Å²) in [5.41, 5.74) is 3.98. The van der Waals surface area contributed by atoms with Crippen LogP contribution in [0, 0.1) is 0 Å². The predicted octanol–water partition coefficient (Wildman–Crippen LogP) is 0.231. The fourth-order valence-corrected chi connectivity index (χ4v) is 1.57. The molecule has 2 aliphatic rings. The minimum Gasteiger partial charge on any atom is -0.299 e. The van der Waals surface area contributed by atoms with Crippen molar-refractivity contribution < 1.29 is 4.84 Å². The fraction of sp³-hybridized carbons (Fsp3) is 0.750. The molecule has 0 amide bonds. The molecule has 2 heterocycles. The third-order valence-electron chi connectivity index (χ3n) is 2.59. The lowest BCUT2D eigenvalue weighted by Crippen LogP contribution is -2.14. The van der Waals surface area contributed by atoms with E-state index in [0.717, 1.165) is 12.2 Å². The number of nitrogens with one attached hydrogen (secondary N) is 1. The van der Waals surface area contributed by atoms with Crippen molar-refractivity contribution in [1.82, 2.24) is 20.5 Å². The van der Waals surface area contributed by atoms with Crippen LogP contribution >= 0.6 is 0 Å². The van der Waals surface area contributed by atoms with Crippen LogP contribution in [0.5, 0.6) is 0 Å². The summed E-state index contributed by atoms with van der Waals surface area (Å²) in [5, 5.41) is 8.26. The van der Waals surface area contributed by atoms with Crippen LogP contribution in [0.3, 0.4) is 0 Å². The van der Waals surface area contributed by atoms with Gasteiger partial charge in [0.2, 0.25) is 0 Å². The molecule has 0 spiro atoms. The lowest BCUT2D eigenvalue weighted by Gasteiger charge is -2.03. The molecule has 3 rings (SSSR count). The zero-order valence-electron chi connectivity index (χ0n) is 7.31. The first-order valence-corrected chi connectivity index (χ1v) is 4.70. The molecule has 1 saturated carbocycles. The Bertz CT molecular complexity index is 301. The van der Waals surface area contributed by atoms with Gasteiger partial charge in [-0.15, -0.1) is 5.10 Å². The van der Waals surface area contributed by atoms with Crippen LogP contribution in [-0.4, -0.2) is 28.1 Å². The number of hydroxylamine groups is 1. The highest BCUT2D eigenvalue weighted by Crippen LogP contribution is 2.38. The van der Waals surface area contributed by atoms with Crippen LogP contribution in [0.2, 0.25) is 0 Å². The van der Waals surface area contributed by atoms with E-state index in [1.807, 2.05) is 4.68 Å². The lowest BCUT2D eigenvalue weighted by atomic mass is 10.3. The Labute approximate surface area is 76.0 Å². The topological polar surface area (TPSA) is 52.0 Å². The predicted molar refractivity (Wildman–Crippen MR) is 45.0 cm³/mol. The van der Waals surface area contributed by atoms with Crippen molar-refractivity contribution in [3.63, 3.8) is 0 Å². The molecule has 13 heavy (non-hydrogen) atoms. The molecular weight excluding hydrogens is 168 g/mol. The summed E-state index contributed by atoms with van der Waals surface area (Å²) >= 11 is 0. The first-order chi connectivity index (χ1) is 6.43. The van der Waals surface area contributed by atoms with Crippen molar-refractivity contribution in [2.75, 3.05) is 13.2 Å². The Morgan fingerprint density at radius 2 is 2.46 bits per heavy atom. The van der Waals surface area contributed by atoms with Gasteiger partial charge in [0.15, 0.2) is 0 Å². The molecule has 0 radical (unpaired) electrons. The zero-order valence-corrected chi connectivity index (χ0v) is 7.31. The molecule has 2 fully saturated rings. The number of hydrogen-bond acceptors (Lipinski definition) is 4. The molecule has 0 unspecified atom stereocenters. The van der Waals surface area contributed by atoms with Gasteiger partial charge in [-0.3, -0.25) is 4.84 Å². The summed E-state index contributed by atoms with van der Waals surface area (Å²) < 4.78 is 1.91.